The predicted molar refractivity (Wildman–Crippen MR) is 78.4 cm³/mol. The lowest BCUT2D eigenvalue weighted by Crippen LogP contribution is -2.46. The minimum absolute atomic E-state index is 0. The van der Waals surface area contributed by atoms with Crippen LogP contribution in [0.4, 0.5) is 13.2 Å². The second-order valence-corrected chi connectivity index (χ2v) is 4.99. The van der Waals surface area contributed by atoms with E-state index < -0.39 is 6.36 Å². The van der Waals surface area contributed by atoms with Crippen molar-refractivity contribution in [2.45, 2.75) is 25.2 Å². The van der Waals surface area contributed by atoms with Gasteiger partial charge in [0.15, 0.2) is 0 Å². The smallest absolute Gasteiger partial charge is 0.406 e. The summed E-state index contributed by atoms with van der Waals surface area (Å²) < 4.78 is 40.4. The lowest BCUT2D eigenvalue weighted by Gasteiger charge is -2.31. The molecule has 1 aromatic rings. The number of ether oxygens (including phenoxy) is 1. The van der Waals surface area contributed by atoms with Crippen LogP contribution in [0, 0.1) is 0 Å². The number of nitrogens with one attached hydrogen (secondary N) is 1. The Morgan fingerprint density at radius 3 is 2.73 bits per heavy atom. The number of benzene rings is 1. The monoisotopic (exact) mass is 338 g/mol. The van der Waals surface area contributed by atoms with Crippen molar-refractivity contribution in [1.82, 2.24) is 10.2 Å². The largest absolute Gasteiger partial charge is 0.573 e. The molecule has 0 radical (unpaired) electrons. The third-order valence-corrected chi connectivity index (χ3v) is 3.45. The molecular weight excluding hydrogens is 321 g/mol. The van der Waals surface area contributed by atoms with Gasteiger partial charge in [-0.05, 0) is 37.6 Å². The Bertz CT molecular complexity index is 505. The number of hydrogen-bond acceptors (Lipinski definition) is 3. The molecule has 0 spiro atoms. The van der Waals surface area contributed by atoms with Crippen LogP contribution in [0.25, 0.3) is 0 Å². The van der Waals surface area contributed by atoms with Crippen LogP contribution in [-0.2, 0) is 0 Å². The molecule has 124 valence electrons. The average Bonchev–Trinajstić information content (AvgIpc) is 2.45. The first-order valence-corrected chi connectivity index (χ1v) is 6.70. The van der Waals surface area contributed by atoms with Gasteiger partial charge in [0.2, 0.25) is 0 Å². The maximum atomic E-state index is 12.3. The standard InChI is InChI=1S/C14H17F3N2O2.ClH/c1-19(11-5-3-7-18-9-11)13(20)10-4-2-6-12(8-10)21-14(15,16)17;/h2,4,6,8,11,18H,3,5,7,9H2,1H3;1H/t11-;/m0./s1. The number of likely N-dealkylation sites (N-methyl/N-ethyl adjacent to an activating group) is 1. The van der Waals surface area contributed by atoms with Gasteiger partial charge in [-0.3, -0.25) is 4.79 Å². The van der Waals surface area contributed by atoms with Crippen molar-refractivity contribution in [1.29, 1.82) is 0 Å². The van der Waals surface area contributed by atoms with E-state index in [2.05, 4.69) is 10.1 Å². The zero-order chi connectivity index (χ0) is 15.5. The second-order valence-electron chi connectivity index (χ2n) is 4.99. The van der Waals surface area contributed by atoms with Crippen molar-refractivity contribution in [3.05, 3.63) is 29.8 Å². The molecule has 0 aliphatic carbocycles. The summed E-state index contributed by atoms with van der Waals surface area (Å²) in [6.07, 6.45) is -2.91. The number of carbonyl (C=O) groups excluding carboxylic acids is 1. The Labute approximate surface area is 133 Å². The highest BCUT2D eigenvalue weighted by molar-refractivity contribution is 5.94. The maximum Gasteiger partial charge on any atom is 0.573 e. The van der Waals surface area contributed by atoms with Crippen molar-refractivity contribution in [2.24, 2.45) is 0 Å². The highest BCUT2D eigenvalue weighted by atomic mass is 35.5. The molecule has 1 N–H and O–H groups in total. The number of carbonyl (C=O) groups is 1. The number of halogens is 4. The van der Waals surface area contributed by atoms with Crippen molar-refractivity contribution in [3.63, 3.8) is 0 Å². The molecule has 0 aromatic heterocycles. The summed E-state index contributed by atoms with van der Waals surface area (Å²) in [4.78, 5) is 13.9. The molecule has 1 fully saturated rings. The maximum absolute atomic E-state index is 12.3. The number of amides is 1. The Morgan fingerprint density at radius 1 is 1.41 bits per heavy atom. The molecule has 1 aliphatic heterocycles. The summed E-state index contributed by atoms with van der Waals surface area (Å²) in [6, 6.07) is 5.20. The third kappa shape index (κ3) is 5.06. The molecule has 22 heavy (non-hydrogen) atoms. The summed E-state index contributed by atoms with van der Waals surface area (Å²) in [5, 5.41) is 3.20. The van der Waals surface area contributed by atoms with Crippen LogP contribution in [0.15, 0.2) is 24.3 Å². The van der Waals surface area contributed by atoms with E-state index in [0.29, 0.717) is 6.54 Å². The van der Waals surface area contributed by atoms with Crippen LogP contribution in [-0.4, -0.2) is 43.3 Å². The summed E-state index contributed by atoms with van der Waals surface area (Å²) >= 11 is 0. The van der Waals surface area contributed by atoms with E-state index in [9.17, 15) is 18.0 Å². The zero-order valence-corrected chi connectivity index (χ0v) is 12.8. The van der Waals surface area contributed by atoms with E-state index in [1.165, 1.54) is 18.2 Å². The molecule has 1 atom stereocenters. The first kappa shape index (κ1) is 18.6. The molecule has 2 rings (SSSR count). The number of piperidine rings is 1. The molecule has 0 saturated carbocycles. The van der Waals surface area contributed by atoms with Crippen molar-refractivity contribution in [2.75, 3.05) is 20.1 Å². The molecule has 4 nitrogen and oxygen atoms in total. The first-order chi connectivity index (χ1) is 9.87. The summed E-state index contributed by atoms with van der Waals surface area (Å²) in [5.74, 6) is -0.695. The average molecular weight is 339 g/mol. The zero-order valence-electron chi connectivity index (χ0n) is 12.0. The van der Waals surface area contributed by atoms with Gasteiger partial charge in [-0.25, -0.2) is 0 Å². The summed E-state index contributed by atoms with van der Waals surface area (Å²) in [6.45, 7) is 1.62. The molecular formula is C14H18ClF3N2O2. The van der Waals surface area contributed by atoms with Gasteiger partial charge in [-0.15, -0.1) is 25.6 Å². The normalized spacial score (nSPS) is 18.3. The van der Waals surface area contributed by atoms with Crippen LogP contribution in [0.3, 0.4) is 0 Å². The minimum atomic E-state index is -4.76. The van der Waals surface area contributed by atoms with Gasteiger partial charge in [-0.2, -0.15) is 0 Å². The van der Waals surface area contributed by atoms with Gasteiger partial charge in [-0.1, -0.05) is 6.07 Å². The van der Waals surface area contributed by atoms with E-state index in [0.717, 1.165) is 25.5 Å². The van der Waals surface area contributed by atoms with Gasteiger partial charge < -0.3 is 15.0 Å². The van der Waals surface area contributed by atoms with Crippen molar-refractivity contribution in [3.8, 4) is 5.75 Å². The Hall–Kier alpha value is -1.47. The van der Waals surface area contributed by atoms with E-state index in [1.807, 2.05) is 0 Å². The fourth-order valence-electron chi connectivity index (χ4n) is 2.36. The van der Waals surface area contributed by atoms with Gasteiger partial charge in [0, 0.05) is 25.2 Å². The van der Waals surface area contributed by atoms with Crippen molar-refractivity contribution >= 4 is 18.3 Å². The molecule has 0 bridgehead atoms. The Balaban J connectivity index is 0.00000242. The summed E-state index contributed by atoms with van der Waals surface area (Å²) in [7, 11) is 1.66. The third-order valence-electron chi connectivity index (χ3n) is 3.45. The number of rotatable bonds is 3. The molecule has 1 aromatic carbocycles. The second kappa shape index (κ2) is 7.69. The van der Waals surface area contributed by atoms with Crippen LogP contribution < -0.4 is 10.1 Å². The highest BCUT2D eigenvalue weighted by Gasteiger charge is 2.31. The fourth-order valence-corrected chi connectivity index (χ4v) is 2.36. The topological polar surface area (TPSA) is 41.6 Å². The van der Waals surface area contributed by atoms with Crippen LogP contribution in [0.2, 0.25) is 0 Å². The molecule has 1 saturated heterocycles. The van der Waals surface area contributed by atoms with Gasteiger partial charge >= 0.3 is 6.36 Å². The summed E-state index contributed by atoms with van der Waals surface area (Å²) in [5.41, 5.74) is 0.185. The predicted octanol–water partition coefficient (Wildman–Crippen LogP) is 2.83. The first-order valence-electron chi connectivity index (χ1n) is 6.70. The number of alkyl halides is 3. The molecule has 1 aliphatic rings. The number of hydrogen-bond donors (Lipinski definition) is 1. The molecule has 8 heteroatoms. The lowest BCUT2D eigenvalue weighted by atomic mass is 10.1. The number of nitrogens with zero attached hydrogens (tertiary/aromatic N) is 1. The van der Waals surface area contributed by atoms with Gasteiger partial charge in [0.1, 0.15) is 5.75 Å². The van der Waals surface area contributed by atoms with E-state index in [-0.39, 0.29) is 35.7 Å². The van der Waals surface area contributed by atoms with E-state index in [4.69, 9.17) is 0 Å². The minimum Gasteiger partial charge on any atom is -0.406 e. The van der Waals surface area contributed by atoms with E-state index in [1.54, 1.807) is 11.9 Å². The fraction of sp³-hybridized carbons (Fsp3) is 0.500. The van der Waals surface area contributed by atoms with Gasteiger partial charge in [0.05, 0.1) is 0 Å². The van der Waals surface area contributed by atoms with Crippen LogP contribution in [0.5, 0.6) is 5.75 Å². The van der Waals surface area contributed by atoms with Crippen LogP contribution >= 0.6 is 12.4 Å². The van der Waals surface area contributed by atoms with E-state index >= 15 is 0 Å². The molecule has 1 amide bonds. The Kier molecular flexibility index (Phi) is 6.49. The molecule has 1 heterocycles. The molecule has 0 unspecified atom stereocenters. The Morgan fingerprint density at radius 2 is 2.14 bits per heavy atom. The van der Waals surface area contributed by atoms with Crippen molar-refractivity contribution < 1.29 is 22.7 Å². The quantitative estimate of drug-likeness (QED) is 0.921. The lowest BCUT2D eigenvalue weighted by molar-refractivity contribution is -0.274. The van der Waals surface area contributed by atoms with Gasteiger partial charge in [0.25, 0.3) is 5.91 Å². The van der Waals surface area contributed by atoms with Crippen LogP contribution in [0.1, 0.15) is 23.2 Å². The highest BCUT2D eigenvalue weighted by Crippen LogP contribution is 2.24. The SMILES string of the molecule is CN(C(=O)c1cccc(OC(F)(F)F)c1)[C@H]1CCCNC1.Cl.